The molecule has 1 aliphatic rings. The Hall–Kier alpha value is -0.280. The van der Waals surface area contributed by atoms with E-state index >= 15 is 0 Å². The highest BCUT2D eigenvalue weighted by Gasteiger charge is 2.35. The van der Waals surface area contributed by atoms with E-state index < -0.39 is 11.7 Å². The van der Waals surface area contributed by atoms with Gasteiger partial charge < -0.3 is 9.84 Å². The summed E-state index contributed by atoms with van der Waals surface area (Å²) < 4.78 is 5.74. The van der Waals surface area contributed by atoms with E-state index in [1.807, 2.05) is 13.0 Å². The number of hydrogen-bond donors (Lipinski definition) is 1. The molecule has 0 spiro atoms. The van der Waals surface area contributed by atoms with Gasteiger partial charge in [0.05, 0.1) is 11.7 Å². The molecule has 4 heteroatoms. The summed E-state index contributed by atoms with van der Waals surface area (Å²) in [6.45, 7) is 2.70. The number of rotatable bonds is 3. The molecule has 1 aromatic rings. The highest BCUT2D eigenvalue weighted by atomic mass is 35.5. The first-order valence-electron chi connectivity index (χ1n) is 6.27. The third-order valence-electron chi connectivity index (χ3n) is 3.63. The van der Waals surface area contributed by atoms with Gasteiger partial charge in [-0.05, 0) is 43.9 Å². The molecule has 0 amide bonds. The quantitative estimate of drug-likeness (QED) is 0.915. The monoisotopic (exact) mass is 288 g/mol. The minimum atomic E-state index is -0.545. The SMILES string of the molecule is CC1(C(O)Cc2ccc(Cl)cc2Cl)CCCCO1. The molecule has 2 atom stereocenters. The predicted octanol–water partition coefficient (Wildman–Crippen LogP) is 3.86. The molecule has 0 saturated carbocycles. The first-order chi connectivity index (χ1) is 8.51. The lowest BCUT2D eigenvalue weighted by atomic mass is 9.87. The Morgan fingerprint density at radius 3 is 2.78 bits per heavy atom. The lowest BCUT2D eigenvalue weighted by molar-refractivity contribution is -0.135. The molecule has 2 unspecified atom stereocenters. The third-order valence-corrected chi connectivity index (χ3v) is 4.22. The molecule has 1 aromatic carbocycles. The van der Waals surface area contributed by atoms with Crippen molar-refractivity contribution in [3.8, 4) is 0 Å². The molecule has 1 fully saturated rings. The lowest BCUT2D eigenvalue weighted by Gasteiger charge is -2.38. The molecule has 0 bridgehead atoms. The van der Waals surface area contributed by atoms with Gasteiger partial charge in [-0.3, -0.25) is 0 Å². The molecule has 1 saturated heterocycles. The zero-order valence-corrected chi connectivity index (χ0v) is 12.0. The van der Waals surface area contributed by atoms with Gasteiger partial charge in [-0.2, -0.15) is 0 Å². The zero-order chi connectivity index (χ0) is 13.2. The summed E-state index contributed by atoms with van der Waals surface area (Å²) in [6.07, 6.45) is 3.01. The second kappa shape index (κ2) is 5.79. The van der Waals surface area contributed by atoms with Crippen molar-refractivity contribution in [2.24, 2.45) is 0 Å². The molecular weight excluding hydrogens is 271 g/mol. The van der Waals surface area contributed by atoms with E-state index in [1.165, 1.54) is 0 Å². The van der Waals surface area contributed by atoms with Crippen LogP contribution in [0.25, 0.3) is 0 Å². The fraction of sp³-hybridized carbons (Fsp3) is 0.571. The van der Waals surface area contributed by atoms with Crippen LogP contribution in [0, 0.1) is 0 Å². The molecule has 2 nitrogen and oxygen atoms in total. The van der Waals surface area contributed by atoms with Gasteiger partial charge in [0.25, 0.3) is 0 Å². The van der Waals surface area contributed by atoms with Gasteiger partial charge in [0.2, 0.25) is 0 Å². The Labute approximate surface area is 118 Å². The molecule has 1 heterocycles. The standard InChI is InChI=1S/C14H18Cl2O2/c1-14(6-2-3-7-18-14)13(17)8-10-4-5-11(15)9-12(10)16/h4-5,9,13,17H,2-3,6-8H2,1H3. The molecule has 0 aliphatic carbocycles. The van der Waals surface area contributed by atoms with Crippen LogP contribution in [0.1, 0.15) is 31.7 Å². The Balaban J connectivity index is 2.08. The molecule has 1 N–H and O–H groups in total. The highest BCUT2D eigenvalue weighted by Crippen LogP contribution is 2.31. The van der Waals surface area contributed by atoms with Gasteiger partial charge >= 0.3 is 0 Å². The maximum Gasteiger partial charge on any atom is 0.0915 e. The van der Waals surface area contributed by atoms with Crippen LogP contribution in [0.3, 0.4) is 0 Å². The van der Waals surface area contributed by atoms with E-state index in [4.69, 9.17) is 27.9 Å². The van der Waals surface area contributed by atoms with E-state index in [9.17, 15) is 5.11 Å². The van der Waals surface area contributed by atoms with Crippen LogP contribution < -0.4 is 0 Å². The molecule has 2 rings (SSSR count). The minimum absolute atomic E-state index is 0.457. The van der Waals surface area contributed by atoms with Gasteiger partial charge in [0.15, 0.2) is 0 Å². The van der Waals surface area contributed by atoms with E-state index in [-0.39, 0.29) is 0 Å². The van der Waals surface area contributed by atoms with Gasteiger partial charge in [-0.1, -0.05) is 29.3 Å². The van der Waals surface area contributed by atoms with E-state index in [0.717, 1.165) is 31.4 Å². The Morgan fingerprint density at radius 2 is 2.17 bits per heavy atom. The maximum absolute atomic E-state index is 10.4. The predicted molar refractivity (Wildman–Crippen MR) is 74.4 cm³/mol. The topological polar surface area (TPSA) is 29.5 Å². The summed E-state index contributed by atoms with van der Waals surface area (Å²) >= 11 is 12.0. The Morgan fingerprint density at radius 1 is 1.39 bits per heavy atom. The van der Waals surface area contributed by atoms with Gasteiger partial charge in [-0.25, -0.2) is 0 Å². The second-order valence-electron chi connectivity index (χ2n) is 5.07. The molecule has 1 aliphatic heterocycles. The van der Waals surface area contributed by atoms with Crippen molar-refractivity contribution in [1.29, 1.82) is 0 Å². The normalized spacial score (nSPS) is 26.0. The molecule has 100 valence electrons. The zero-order valence-electron chi connectivity index (χ0n) is 10.5. The van der Waals surface area contributed by atoms with E-state index in [2.05, 4.69) is 0 Å². The molecule has 18 heavy (non-hydrogen) atoms. The van der Waals surface area contributed by atoms with Crippen molar-refractivity contribution in [1.82, 2.24) is 0 Å². The van der Waals surface area contributed by atoms with Gasteiger partial charge in [0, 0.05) is 23.1 Å². The first kappa shape index (κ1) is 14.1. The summed E-state index contributed by atoms with van der Waals surface area (Å²) in [6, 6.07) is 5.36. The van der Waals surface area contributed by atoms with Crippen molar-refractivity contribution in [2.75, 3.05) is 6.61 Å². The minimum Gasteiger partial charge on any atom is -0.390 e. The van der Waals surface area contributed by atoms with Crippen molar-refractivity contribution in [3.05, 3.63) is 33.8 Å². The van der Waals surface area contributed by atoms with Crippen LogP contribution in [0.4, 0.5) is 0 Å². The van der Waals surface area contributed by atoms with Crippen LogP contribution in [-0.4, -0.2) is 23.4 Å². The third kappa shape index (κ3) is 3.18. The van der Waals surface area contributed by atoms with Crippen LogP contribution in [0.2, 0.25) is 10.0 Å². The van der Waals surface area contributed by atoms with Crippen LogP contribution in [-0.2, 0) is 11.2 Å². The Bertz CT molecular complexity index is 414. The lowest BCUT2D eigenvalue weighted by Crippen LogP contribution is -2.45. The maximum atomic E-state index is 10.4. The summed E-state index contributed by atoms with van der Waals surface area (Å²) in [7, 11) is 0. The van der Waals surface area contributed by atoms with Crippen molar-refractivity contribution < 1.29 is 9.84 Å². The van der Waals surface area contributed by atoms with Gasteiger partial charge in [-0.15, -0.1) is 0 Å². The number of benzene rings is 1. The molecule has 0 radical (unpaired) electrons. The van der Waals surface area contributed by atoms with Crippen molar-refractivity contribution in [3.63, 3.8) is 0 Å². The fourth-order valence-corrected chi connectivity index (χ4v) is 2.82. The number of ether oxygens (including phenoxy) is 1. The van der Waals surface area contributed by atoms with Crippen LogP contribution >= 0.6 is 23.2 Å². The van der Waals surface area contributed by atoms with Gasteiger partial charge in [0.1, 0.15) is 0 Å². The summed E-state index contributed by atoms with van der Waals surface area (Å²) in [5, 5.41) is 11.6. The second-order valence-corrected chi connectivity index (χ2v) is 5.92. The summed E-state index contributed by atoms with van der Waals surface area (Å²) in [5.41, 5.74) is 0.449. The van der Waals surface area contributed by atoms with E-state index in [0.29, 0.717) is 16.5 Å². The highest BCUT2D eigenvalue weighted by molar-refractivity contribution is 6.35. The summed E-state index contributed by atoms with van der Waals surface area (Å²) in [4.78, 5) is 0. The molecule has 0 aromatic heterocycles. The average Bonchev–Trinajstić information content (AvgIpc) is 2.33. The number of aliphatic hydroxyl groups excluding tert-OH is 1. The smallest absolute Gasteiger partial charge is 0.0915 e. The number of aliphatic hydroxyl groups is 1. The Kier molecular flexibility index (Phi) is 4.54. The molecular formula is C14H18Cl2O2. The fourth-order valence-electron chi connectivity index (χ4n) is 2.33. The number of halogens is 2. The van der Waals surface area contributed by atoms with Crippen LogP contribution in [0.5, 0.6) is 0 Å². The van der Waals surface area contributed by atoms with Crippen molar-refractivity contribution >= 4 is 23.2 Å². The van der Waals surface area contributed by atoms with E-state index in [1.54, 1.807) is 12.1 Å². The van der Waals surface area contributed by atoms with Crippen LogP contribution in [0.15, 0.2) is 18.2 Å². The largest absolute Gasteiger partial charge is 0.390 e. The average molecular weight is 289 g/mol. The summed E-state index contributed by atoms with van der Waals surface area (Å²) in [5.74, 6) is 0. The number of hydrogen-bond acceptors (Lipinski definition) is 2. The van der Waals surface area contributed by atoms with Crippen molar-refractivity contribution in [2.45, 2.75) is 44.3 Å². The first-order valence-corrected chi connectivity index (χ1v) is 7.03.